The van der Waals surface area contributed by atoms with Crippen molar-refractivity contribution in [2.45, 2.75) is 13.0 Å². The van der Waals surface area contributed by atoms with E-state index in [-0.39, 0.29) is 0 Å². The molecule has 2 aromatic rings. The van der Waals surface area contributed by atoms with Gasteiger partial charge in [0.25, 0.3) is 0 Å². The fourth-order valence-corrected chi connectivity index (χ4v) is 2.27. The van der Waals surface area contributed by atoms with Gasteiger partial charge in [-0.3, -0.25) is 4.79 Å². The molecule has 0 fully saturated rings. The number of hydrogen-bond donors (Lipinski definition) is 2. The first kappa shape index (κ1) is 12.8. The highest BCUT2D eigenvalue weighted by molar-refractivity contribution is 9.10. The number of nitrogens with zero attached hydrogens (tertiary/aromatic N) is 2. The highest BCUT2D eigenvalue weighted by Gasteiger charge is 2.16. The van der Waals surface area contributed by atoms with Crippen molar-refractivity contribution in [1.29, 1.82) is 0 Å². The smallest absolute Gasteiger partial charge is 0.325 e. The van der Waals surface area contributed by atoms with Crippen LogP contribution < -0.4 is 5.73 Å². The number of aromatic nitrogens is 2. The molecule has 0 aliphatic heterocycles. The molecule has 0 spiro atoms. The van der Waals surface area contributed by atoms with Gasteiger partial charge in [0, 0.05) is 16.9 Å². The minimum atomic E-state index is -1.05. The molecule has 1 heterocycles. The van der Waals surface area contributed by atoms with Gasteiger partial charge in [-0.05, 0) is 40.5 Å². The highest BCUT2D eigenvalue weighted by Crippen LogP contribution is 2.25. The maximum atomic E-state index is 10.8. The van der Waals surface area contributed by atoms with Crippen molar-refractivity contribution in [3.05, 3.63) is 46.5 Å². The van der Waals surface area contributed by atoms with Gasteiger partial charge >= 0.3 is 5.97 Å². The molecule has 0 radical (unpaired) electrons. The highest BCUT2D eigenvalue weighted by atomic mass is 79.9. The first-order valence-electron chi connectivity index (χ1n) is 5.29. The van der Waals surface area contributed by atoms with Crippen LogP contribution in [0.2, 0.25) is 0 Å². The topological polar surface area (TPSA) is 81.1 Å². The summed E-state index contributed by atoms with van der Waals surface area (Å²) in [5.41, 5.74) is 7.01. The molecule has 18 heavy (non-hydrogen) atoms. The molecule has 1 unspecified atom stereocenters. The summed E-state index contributed by atoms with van der Waals surface area (Å²) >= 11 is 3.42. The van der Waals surface area contributed by atoms with Crippen LogP contribution in [-0.2, 0) is 4.79 Å². The van der Waals surface area contributed by atoms with Gasteiger partial charge in [0.05, 0.1) is 5.69 Å². The summed E-state index contributed by atoms with van der Waals surface area (Å²) in [7, 11) is 0. The van der Waals surface area contributed by atoms with Crippen molar-refractivity contribution in [3.63, 3.8) is 0 Å². The van der Waals surface area contributed by atoms with Gasteiger partial charge in [0.1, 0.15) is 11.9 Å². The first-order valence-corrected chi connectivity index (χ1v) is 6.08. The number of carboxylic acid groups (broad SMARTS) is 1. The summed E-state index contributed by atoms with van der Waals surface area (Å²) in [5.74, 6) is -0.195. The summed E-state index contributed by atoms with van der Waals surface area (Å²) in [6.07, 6.45) is 3.55. The predicted molar refractivity (Wildman–Crippen MR) is 70.6 cm³/mol. The quantitative estimate of drug-likeness (QED) is 0.909. The van der Waals surface area contributed by atoms with Crippen LogP contribution in [0.1, 0.15) is 17.4 Å². The van der Waals surface area contributed by atoms with Gasteiger partial charge in [-0.15, -0.1) is 0 Å². The molecule has 0 saturated carbocycles. The van der Waals surface area contributed by atoms with Crippen LogP contribution in [0.25, 0.3) is 5.69 Å². The van der Waals surface area contributed by atoms with E-state index in [1.54, 1.807) is 18.3 Å². The van der Waals surface area contributed by atoms with Crippen LogP contribution in [0, 0.1) is 6.92 Å². The Hall–Kier alpha value is -1.66. The number of carbonyl (C=O) groups is 1. The number of halogens is 1. The summed E-state index contributed by atoms with van der Waals surface area (Å²) in [6.45, 7) is 1.89. The Kier molecular flexibility index (Phi) is 3.49. The van der Waals surface area contributed by atoms with E-state index in [2.05, 4.69) is 20.9 Å². The second-order valence-corrected chi connectivity index (χ2v) is 4.73. The Morgan fingerprint density at radius 1 is 1.56 bits per heavy atom. The molecule has 5 nitrogen and oxygen atoms in total. The zero-order valence-electron chi connectivity index (χ0n) is 9.67. The number of benzene rings is 1. The zero-order valence-corrected chi connectivity index (χ0v) is 11.3. The fourth-order valence-electron chi connectivity index (χ4n) is 1.69. The van der Waals surface area contributed by atoms with Crippen molar-refractivity contribution < 1.29 is 9.90 Å². The van der Waals surface area contributed by atoms with Crippen LogP contribution in [0.3, 0.4) is 0 Å². The van der Waals surface area contributed by atoms with E-state index in [4.69, 9.17) is 10.8 Å². The molecule has 94 valence electrons. The molecule has 3 N–H and O–H groups in total. The van der Waals surface area contributed by atoms with Gasteiger partial charge in [0.15, 0.2) is 0 Å². The normalized spacial score (nSPS) is 12.4. The van der Waals surface area contributed by atoms with Crippen molar-refractivity contribution in [2.75, 3.05) is 0 Å². The molecule has 1 atom stereocenters. The Morgan fingerprint density at radius 3 is 2.78 bits per heavy atom. The third-order valence-corrected chi connectivity index (χ3v) is 3.32. The second-order valence-electron chi connectivity index (χ2n) is 3.87. The zero-order chi connectivity index (χ0) is 13.3. The Bertz CT molecular complexity index is 595. The molecule has 0 saturated heterocycles. The predicted octanol–water partition coefficient (Wildman–Crippen LogP) is 2.03. The molecule has 0 bridgehead atoms. The average molecular weight is 310 g/mol. The molecular formula is C12H12BrN3O2. The van der Waals surface area contributed by atoms with Gasteiger partial charge in [-0.2, -0.15) is 0 Å². The number of aryl methyl sites for hydroxylation is 1. The molecule has 0 aliphatic carbocycles. The van der Waals surface area contributed by atoms with Crippen LogP contribution in [0.4, 0.5) is 0 Å². The molecular weight excluding hydrogens is 298 g/mol. The van der Waals surface area contributed by atoms with Crippen molar-refractivity contribution in [3.8, 4) is 5.69 Å². The van der Waals surface area contributed by atoms with Crippen molar-refractivity contribution in [2.24, 2.45) is 5.73 Å². The number of aliphatic carboxylic acids is 1. The van der Waals surface area contributed by atoms with Gasteiger partial charge < -0.3 is 15.4 Å². The lowest BCUT2D eigenvalue weighted by Crippen LogP contribution is -2.20. The molecule has 2 rings (SSSR count). The molecule has 6 heteroatoms. The summed E-state index contributed by atoms with van der Waals surface area (Å²) in [6, 6.07) is 4.22. The van der Waals surface area contributed by atoms with Gasteiger partial charge in [0.2, 0.25) is 0 Å². The molecule has 1 aromatic carbocycles. The third-order valence-electron chi connectivity index (χ3n) is 2.68. The van der Waals surface area contributed by atoms with E-state index in [1.165, 1.54) is 0 Å². The van der Waals surface area contributed by atoms with E-state index in [0.29, 0.717) is 5.56 Å². The van der Waals surface area contributed by atoms with E-state index < -0.39 is 12.0 Å². The Morgan fingerprint density at radius 2 is 2.28 bits per heavy atom. The van der Waals surface area contributed by atoms with E-state index in [1.807, 2.05) is 23.8 Å². The standard InChI is InChI=1S/C12H12BrN3O2/c1-7-15-4-5-16(7)10-3-2-8(6-9(10)13)11(14)12(17)18/h2-6,11H,14H2,1H3,(H,17,18). The van der Waals surface area contributed by atoms with Crippen molar-refractivity contribution in [1.82, 2.24) is 9.55 Å². The number of hydrogen-bond acceptors (Lipinski definition) is 3. The van der Waals surface area contributed by atoms with E-state index in [0.717, 1.165) is 16.0 Å². The van der Waals surface area contributed by atoms with Gasteiger partial charge in [-0.1, -0.05) is 6.07 Å². The number of nitrogens with two attached hydrogens (primary N) is 1. The summed E-state index contributed by atoms with van der Waals surface area (Å²) in [4.78, 5) is 15.0. The minimum Gasteiger partial charge on any atom is -0.480 e. The Balaban J connectivity index is 2.43. The molecule has 0 amide bonds. The maximum Gasteiger partial charge on any atom is 0.325 e. The van der Waals surface area contributed by atoms with Crippen molar-refractivity contribution >= 4 is 21.9 Å². The van der Waals surface area contributed by atoms with Crippen LogP contribution in [-0.4, -0.2) is 20.6 Å². The third kappa shape index (κ3) is 2.30. The average Bonchev–Trinajstić information content (AvgIpc) is 2.74. The van der Waals surface area contributed by atoms with Gasteiger partial charge in [-0.25, -0.2) is 4.98 Å². The minimum absolute atomic E-state index is 0.552. The van der Waals surface area contributed by atoms with E-state index >= 15 is 0 Å². The van der Waals surface area contributed by atoms with E-state index in [9.17, 15) is 4.79 Å². The number of rotatable bonds is 3. The lowest BCUT2D eigenvalue weighted by molar-refractivity contribution is -0.138. The molecule has 1 aromatic heterocycles. The monoisotopic (exact) mass is 309 g/mol. The SMILES string of the molecule is Cc1nccn1-c1ccc(C(N)C(=O)O)cc1Br. The van der Waals surface area contributed by atoms with Crippen LogP contribution >= 0.6 is 15.9 Å². The summed E-state index contributed by atoms with van der Waals surface area (Å²) < 4.78 is 2.68. The Labute approximate surface area is 112 Å². The fraction of sp³-hybridized carbons (Fsp3) is 0.167. The number of carboxylic acids is 1. The molecule has 0 aliphatic rings. The lowest BCUT2D eigenvalue weighted by Gasteiger charge is -2.12. The van der Waals surface area contributed by atoms with Crippen LogP contribution in [0.15, 0.2) is 35.1 Å². The first-order chi connectivity index (χ1) is 8.50. The lowest BCUT2D eigenvalue weighted by atomic mass is 10.1. The maximum absolute atomic E-state index is 10.8. The van der Waals surface area contributed by atoms with Crippen LogP contribution in [0.5, 0.6) is 0 Å². The second kappa shape index (κ2) is 4.91. The number of imidazole rings is 1. The summed E-state index contributed by atoms with van der Waals surface area (Å²) in [5, 5.41) is 8.87. The largest absolute Gasteiger partial charge is 0.480 e.